The van der Waals surface area contributed by atoms with E-state index < -0.39 is 0 Å². The fourth-order valence-electron chi connectivity index (χ4n) is 1.50. The zero-order valence-electron chi connectivity index (χ0n) is 8.71. The molecule has 0 atom stereocenters. The number of nitrogens with two attached hydrogens (primary N) is 1. The molecule has 0 aliphatic carbocycles. The first kappa shape index (κ1) is 11.2. The van der Waals surface area contributed by atoms with Crippen LogP contribution < -0.4 is 11.1 Å². The number of amides is 1. The van der Waals surface area contributed by atoms with Gasteiger partial charge in [-0.15, -0.1) is 11.3 Å². The van der Waals surface area contributed by atoms with E-state index >= 15 is 0 Å². The first-order chi connectivity index (χ1) is 7.65. The molecule has 84 valence electrons. The van der Waals surface area contributed by atoms with Crippen LogP contribution in [0.2, 0.25) is 5.02 Å². The topological polar surface area (TPSA) is 55.1 Å². The lowest BCUT2D eigenvalue weighted by molar-refractivity contribution is 0.0960. The molecule has 3 nitrogen and oxygen atoms in total. The minimum atomic E-state index is -0.145. The van der Waals surface area contributed by atoms with Crippen molar-refractivity contribution in [2.75, 3.05) is 12.3 Å². The molecule has 5 heteroatoms. The molecule has 0 bridgehead atoms. The second-order valence-electron chi connectivity index (χ2n) is 3.33. The fraction of sp³-hybridized carbons (Fsp3) is 0.182. The molecular formula is C11H11ClN2OS. The van der Waals surface area contributed by atoms with Crippen molar-refractivity contribution in [3.05, 3.63) is 28.1 Å². The van der Waals surface area contributed by atoms with Crippen LogP contribution in [0.1, 0.15) is 16.6 Å². The first-order valence-electron chi connectivity index (χ1n) is 4.89. The molecule has 0 unspecified atom stereocenters. The van der Waals surface area contributed by atoms with Gasteiger partial charge in [-0.25, -0.2) is 0 Å². The van der Waals surface area contributed by atoms with E-state index in [1.54, 1.807) is 6.07 Å². The van der Waals surface area contributed by atoms with Crippen LogP contribution in [-0.4, -0.2) is 12.5 Å². The number of halogens is 1. The van der Waals surface area contributed by atoms with E-state index in [0.717, 1.165) is 10.1 Å². The van der Waals surface area contributed by atoms with Gasteiger partial charge < -0.3 is 11.1 Å². The van der Waals surface area contributed by atoms with Crippen LogP contribution >= 0.6 is 22.9 Å². The van der Waals surface area contributed by atoms with Crippen molar-refractivity contribution >= 4 is 44.6 Å². The maximum absolute atomic E-state index is 11.7. The Labute approximate surface area is 102 Å². The third-order valence-corrected chi connectivity index (χ3v) is 3.99. The molecule has 2 rings (SSSR count). The molecule has 1 aromatic carbocycles. The normalized spacial score (nSPS) is 10.6. The largest absolute Gasteiger partial charge is 0.398 e. The van der Waals surface area contributed by atoms with Gasteiger partial charge in [0.15, 0.2) is 0 Å². The van der Waals surface area contributed by atoms with Gasteiger partial charge >= 0.3 is 0 Å². The van der Waals surface area contributed by atoms with Crippen LogP contribution in [0.3, 0.4) is 0 Å². The Kier molecular flexibility index (Phi) is 3.03. The Balaban J connectivity index is 2.60. The highest BCUT2D eigenvalue weighted by atomic mass is 35.5. The van der Waals surface area contributed by atoms with Crippen LogP contribution in [0.25, 0.3) is 10.1 Å². The quantitative estimate of drug-likeness (QED) is 0.810. The van der Waals surface area contributed by atoms with Crippen LogP contribution in [0.5, 0.6) is 0 Å². The standard InChI is InChI=1S/C11H11ClN2OS/c1-2-14-11(15)10-8(12)6-4-3-5-7(13)9(6)16-10/h3-5H,2,13H2,1H3,(H,14,15). The maximum Gasteiger partial charge on any atom is 0.262 e. The summed E-state index contributed by atoms with van der Waals surface area (Å²) in [6.07, 6.45) is 0. The van der Waals surface area contributed by atoms with E-state index in [1.807, 2.05) is 19.1 Å². The Morgan fingerprint density at radius 2 is 2.31 bits per heavy atom. The van der Waals surface area contributed by atoms with Crippen molar-refractivity contribution in [1.29, 1.82) is 0 Å². The molecule has 1 aromatic heterocycles. The van der Waals surface area contributed by atoms with Gasteiger partial charge in [-0.05, 0) is 13.0 Å². The second kappa shape index (κ2) is 4.31. The minimum absolute atomic E-state index is 0.145. The van der Waals surface area contributed by atoms with Crippen molar-refractivity contribution in [3.63, 3.8) is 0 Å². The lowest BCUT2D eigenvalue weighted by Gasteiger charge is -1.98. The number of carbonyl (C=O) groups is 1. The average Bonchev–Trinajstić information content (AvgIpc) is 2.59. The van der Waals surface area contributed by atoms with Gasteiger partial charge in [-0.3, -0.25) is 4.79 Å². The molecule has 0 saturated carbocycles. The Morgan fingerprint density at radius 1 is 1.56 bits per heavy atom. The van der Waals surface area contributed by atoms with E-state index in [4.69, 9.17) is 17.3 Å². The molecule has 3 N–H and O–H groups in total. The van der Waals surface area contributed by atoms with E-state index in [2.05, 4.69) is 5.32 Å². The third kappa shape index (κ3) is 1.74. The molecule has 0 aliphatic rings. The summed E-state index contributed by atoms with van der Waals surface area (Å²) in [6.45, 7) is 2.45. The summed E-state index contributed by atoms with van der Waals surface area (Å²) in [5.74, 6) is -0.145. The van der Waals surface area contributed by atoms with Crippen molar-refractivity contribution in [2.24, 2.45) is 0 Å². The Bertz CT molecular complexity index is 550. The number of rotatable bonds is 2. The van der Waals surface area contributed by atoms with Gasteiger partial charge in [-0.1, -0.05) is 23.7 Å². The summed E-state index contributed by atoms with van der Waals surface area (Å²) in [5.41, 5.74) is 6.49. The monoisotopic (exact) mass is 254 g/mol. The number of hydrogen-bond donors (Lipinski definition) is 2. The predicted molar refractivity (Wildman–Crippen MR) is 69.3 cm³/mol. The summed E-state index contributed by atoms with van der Waals surface area (Å²) in [7, 11) is 0. The molecule has 1 heterocycles. The molecule has 0 radical (unpaired) electrons. The van der Waals surface area contributed by atoms with E-state index in [-0.39, 0.29) is 5.91 Å². The SMILES string of the molecule is CCNC(=O)c1sc2c(N)cccc2c1Cl. The molecule has 0 saturated heterocycles. The van der Waals surface area contributed by atoms with Gasteiger partial charge in [0.25, 0.3) is 5.91 Å². The van der Waals surface area contributed by atoms with E-state index in [0.29, 0.717) is 22.1 Å². The van der Waals surface area contributed by atoms with Gasteiger partial charge in [0.1, 0.15) is 4.88 Å². The number of benzene rings is 1. The van der Waals surface area contributed by atoms with E-state index in [1.165, 1.54) is 11.3 Å². The number of nitrogens with one attached hydrogen (secondary N) is 1. The lowest BCUT2D eigenvalue weighted by atomic mass is 10.2. The zero-order valence-corrected chi connectivity index (χ0v) is 10.3. The van der Waals surface area contributed by atoms with Gasteiger partial charge in [-0.2, -0.15) is 0 Å². The number of anilines is 1. The smallest absolute Gasteiger partial charge is 0.262 e. The number of hydrogen-bond acceptors (Lipinski definition) is 3. The maximum atomic E-state index is 11.7. The molecule has 16 heavy (non-hydrogen) atoms. The highest BCUT2D eigenvalue weighted by Gasteiger charge is 2.17. The van der Waals surface area contributed by atoms with Crippen LogP contribution in [-0.2, 0) is 0 Å². The highest BCUT2D eigenvalue weighted by molar-refractivity contribution is 7.22. The van der Waals surface area contributed by atoms with Gasteiger partial charge in [0.05, 0.1) is 9.72 Å². The van der Waals surface area contributed by atoms with Crippen LogP contribution in [0.15, 0.2) is 18.2 Å². The van der Waals surface area contributed by atoms with Gasteiger partial charge in [0, 0.05) is 17.6 Å². The third-order valence-electron chi connectivity index (χ3n) is 2.23. The van der Waals surface area contributed by atoms with Crippen molar-refractivity contribution in [1.82, 2.24) is 5.32 Å². The van der Waals surface area contributed by atoms with E-state index in [9.17, 15) is 4.79 Å². The summed E-state index contributed by atoms with van der Waals surface area (Å²) < 4.78 is 0.869. The summed E-state index contributed by atoms with van der Waals surface area (Å²) in [6, 6.07) is 5.50. The minimum Gasteiger partial charge on any atom is -0.398 e. The van der Waals surface area contributed by atoms with Gasteiger partial charge in [0.2, 0.25) is 0 Å². The number of nitrogen functional groups attached to an aromatic ring is 1. The van der Waals surface area contributed by atoms with Crippen molar-refractivity contribution < 1.29 is 4.79 Å². The molecule has 0 aliphatic heterocycles. The number of fused-ring (bicyclic) bond motifs is 1. The molecular weight excluding hydrogens is 244 g/mol. The predicted octanol–water partition coefficient (Wildman–Crippen LogP) is 2.89. The zero-order chi connectivity index (χ0) is 11.7. The molecule has 2 aromatic rings. The number of carbonyl (C=O) groups excluding carboxylic acids is 1. The summed E-state index contributed by atoms with van der Waals surface area (Å²) in [4.78, 5) is 12.2. The molecule has 0 spiro atoms. The molecule has 0 fully saturated rings. The Morgan fingerprint density at radius 3 is 2.94 bits per heavy atom. The second-order valence-corrected chi connectivity index (χ2v) is 4.73. The lowest BCUT2D eigenvalue weighted by Crippen LogP contribution is -2.21. The average molecular weight is 255 g/mol. The molecule has 1 amide bonds. The van der Waals surface area contributed by atoms with Crippen molar-refractivity contribution in [3.8, 4) is 0 Å². The summed E-state index contributed by atoms with van der Waals surface area (Å²) >= 11 is 7.48. The van der Waals surface area contributed by atoms with Crippen LogP contribution in [0.4, 0.5) is 5.69 Å². The number of thiophene rings is 1. The highest BCUT2D eigenvalue weighted by Crippen LogP contribution is 2.38. The Hall–Kier alpha value is -1.26. The van der Waals surface area contributed by atoms with Crippen LogP contribution in [0, 0.1) is 0 Å². The fourth-order valence-corrected chi connectivity index (χ4v) is 2.95. The summed E-state index contributed by atoms with van der Waals surface area (Å²) in [5, 5.41) is 4.05. The first-order valence-corrected chi connectivity index (χ1v) is 6.09. The van der Waals surface area contributed by atoms with Crippen molar-refractivity contribution in [2.45, 2.75) is 6.92 Å².